The Morgan fingerprint density at radius 2 is 1.89 bits per heavy atom. The van der Waals surface area contributed by atoms with E-state index in [2.05, 4.69) is 50.1 Å². The second-order valence-corrected chi connectivity index (χ2v) is 11.7. The molecule has 2 N–H and O–H groups in total. The Kier molecular flexibility index (Phi) is 14.5. The molecule has 1 saturated heterocycles. The van der Waals surface area contributed by atoms with Crippen LogP contribution in [0.3, 0.4) is 0 Å². The average molecular weight is 648 g/mol. The molecule has 0 saturated carbocycles. The van der Waals surface area contributed by atoms with Gasteiger partial charge in [-0.1, -0.05) is 35.0 Å². The number of aliphatic imine (C=N–C) groups is 1. The molecule has 10 nitrogen and oxygen atoms in total. The van der Waals surface area contributed by atoms with Crippen LogP contribution in [0.2, 0.25) is 0 Å². The summed E-state index contributed by atoms with van der Waals surface area (Å²) in [6.45, 7) is 12.8. The quantitative estimate of drug-likeness (QED) is 0.237. The highest BCUT2D eigenvalue weighted by molar-refractivity contribution is 6.44. The number of halogens is 1. The summed E-state index contributed by atoms with van der Waals surface area (Å²) in [6.07, 6.45) is 12.6. The van der Waals surface area contributed by atoms with Crippen molar-refractivity contribution in [1.29, 1.82) is 0 Å². The number of nitrogens with zero attached hydrogens (tertiary/aromatic N) is 5. The molecular weight excluding hydrogens is 602 g/mol. The molecular formula is C35H46ClN7O3. The zero-order valence-electron chi connectivity index (χ0n) is 27.5. The van der Waals surface area contributed by atoms with Crippen LogP contribution in [0.4, 0.5) is 11.4 Å². The number of nitrogens with one attached hydrogen (secondary N) is 2. The summed E-state index contributed by atoms with van der Waals surface area (Å²) in [7, 11) is 1.86. The van der Waals surface area contributed by atoms with Crippen LogP contribution < -0.4 is 10.6 Å². The van der Waals surface area contributed by atoms with Crippen molar-refractivity contribution >= 4 is 41.1 Å². The number of rotatable bonds is 5. The van der Waals surface area contributed by atoms with Crippen molar-refractivity contribution in [2.45, 2.75) is 66.1 Å². The van der Waals surface area contributed by atoms with Gasteiger partial charge in [-0.15, -0.1) is 6.58 Å². The smallest absolute Gasteiger partial charge is 0.225 e. The number of anilines is 2. The van der Waals surface area contributed by atoms with Crippen LogP contribution in [0.15, 0.2) is 82.2 Å². The minimum absolute atomic E-state index is 0.0442. The normalized spacial score (nSPS) is 17.7. The van der Waals surface area contributed by atoms with Gasteiger partial charge in [0.1, 0.15) is 17.8 Å². The van der Waals surface area contributed by atoms with Gasteiger partial charge in [-0.25, -0.2) is 4.99 Å². The average Bonchev–Trinajstić information content (AvgIpc) is 3.55. The number of likely N-dealkylation sites (tertiary alicyclic amines) is 1. The number of hydrogen-bond acceptors (Lipinski definition) is 8. The molecule has 1 fully saturated rings. The number of carbonyl (C=O) groups is 2. The lowest BCUT2D eigenvalue weighted by molar-refractivity contribution is -0.137. The van der Waals surface area contributed by atoms with Gasteiger partial charge in [0, 0.05) is 50.6 Å². The number of aromatic nitrogens is 2. The molecule has 2 aliphatic rings. The summed E-state index contributed by atoms with van der Waals surface area (Å²) in [4.78, 5) is 36.9. The van der Waals surface area contributed by atoms with Gasteiger partial charge in [0.2, 0.25) is 12.3 Å². The van der Waals surface area contributed by atoms with E-state index in [4.69, 9.17) is 16.6 Å². The van der Waals surface area contributed by atoms with Crippen LogP contribution in [-0.2, 0) is 29.0 Å². The highest BCUT2D eigenvalue weighted by Gasteiger charge is 2.27. The third-order valence-electron chi connectivity index (χ3n) is 7.50. The fraction of sp³-hybridized carbons (Fsp3) is 0.400. The van der Waals surface area contributed by atoms with Crippen LogP contribution in [-0.4, -0.2) is 64.4 Å². The molecule has 246 valence electrons. The molecule has 1 aromatic carbocycles. The van der Waals surface area contributed by atoms with Crippen molar-refractivity contribution < 1.29 is 14.1 Å². The minimum Gasteiger partial charge on any atom is -0.363 e. The molecule has 0 radical (unpaired) electrons. The lowest BCUT2D eigenvalue weighted by atomic mass is 9.95. The van der Waals surface area contributed by atoms with Gasteiger partial charge < -0.3 is 25.0 Å². The first-order chi connectivity index (χ1) is 22.2. The van der Waals surface area contributed by atoms with Crippen molar-refractivity contribution in [2.24, 2.45) is 10.9 Å². The van der Waals surface area contributed by atoms with E-state index in [1.165, 1.54) is 0 Å². The van der Waals surface area contributed by atoms with Crippen LogP contribution in [0.25, 0.3) is 0 Å². The van der Waals surface area contributed by atoms with E-state index >= 15 is 0 Å². The van der Waals surface area contributed by atoms with E-state index in [0.29, 0.717) is 43.3 Å². The summed E-state index contributed by atoms with van der Waals surface area (Å²) in [6, 6.07) is 10.1. The third kappa shape index (κ3) is 11.2. The van der Waals surface area contributed by atoms with Gasteiger partial charge in [0.05, 0.1) is 23.1 Å². The maximum absolute atomic E-state index is 13.2. The fourth-order valence-electron chi connectivity index (χ4n) is 5.14. The molecule has 46 heavy (non-hydrogen) atoms. The zero-order valence-corrected chi connectivity index (χ0v) is 28.3. The largest absolute Gasteiger partial charge is 0.363 e. The number of amides is 2. The number of aryl methyl sites for hydroxylation is 3. The number of carbonyl (C=O) groups excluding carboxylic acids is 2. The Balaban J connectivity index is 0.000000557. The number of amidine groups is 1. The maximum Gasteiger partial charge on any atom is 0.225 e. The highest BCUT2D eigenvalue weighted by atomic mass is 35.5. The van der Waals surface area contributed by atoms with E-state index in [0.717, 1.165) is 53.1 Å². The van der Waals surface area contributed by atoms with Crippen LogP contribution in [0.5, 0.6) is 0 Å². The standard InChI is InChI=1S/C28H35ClN6O2.C4H5NO.C3H6/c1-4-26(29)27-32-19(2)31-25-13-20(15-30-16-25)5-6-22-14-24(33-27)8-7-23(22)17-34(3)28(37)21-9-11-35(18-36)12-10-21;1-4-2-3-5-6-4;1-3-2/h4,7-8,13-16,18-19,21,31H,5-6,9-12,17H2,1-3H3,(H,32,33);2-3H,1H3;3H,1H2,2H3/b26-4+;;. The number of fused-ring (bicyclic) bond motifs is 4. The first kappa shape index (κ1) is 36.0. The van der Waals surface area contributed by atoms with Crippen molar-refractivity contribution in [1.82, 2.24) is 19.9 Å². The summed E-state index contributed by atoms with van der Waals surface area (Å²) in [5.74, 6) is 1.53. The summed E-state index contributed by atoms with van der Waals surface area (Å²) in [5, 5.41) is 10.8. The topological polar surface area (TPSA) is 116 Å². The second-order valence-electron chi connectivity index (χ2n) is 11.3. The molecule has 2 aliphatic heterocycles. The van der Waals surface area contributed by atoms with Crippen molar-refractivity contribution in [3.8, 4) is 0 Å². The van der Waals surface area contributed by atoms with Gasteiger partial charge in [0.15, 0.2) is 0 Å². The monoisotopic (exact) mass is 647 g/mol. The van der Waals surface area contributed by atoms with Gasteiger partial charge in [0.25, 0.3) is 0 Å². The first-order valence-corrected chi connectivity index (χ1v) is 15.9. The summed E-state index contributed by atoms with van der Waals surface area (Å²) in [5.41, 5.74) is 5.18. The maximum atomic E-state index is 13.2. The van der Waals surface area contributed by atoms with Crippen molar-refractivity contribution in [3.63, 3.8) is 0 Å². The van der Waals surface area contributed by atoms with Gasteiger partial charge in [-0.05, 0) is 88.3 Å². The second kappa shape index (κ2) is 18.5. The van der Waals surface area contributed by atoms with E-state index in [1.54, 1.807) is 29.4 Å². The summed E-state index contributed by atoms with van der Waals surface area (Å²) < 4.78 is 4.58. The number of piperidine rings is 1. The third-order valence-corrected chi connectivity index (χ3v) is 7.90. The minimum atomic E-state index is -0.217. The number of benzene rings is 1. The highest BCUT2D eigenvalue weighted by Crippen LogP contribution is 2.25. The predicted octanol–water partition coefficient (Wildman–Crippen LogP) is 6.59. The Bertz CT molecular complexity index is 1480. The predicted molar refractivity (Wildman–Crippen MR) is 186 cm³/mol. The van der Waals surface area contributed by atoms with E-state index in [-0.39, 0.29) is 18.0 Å². The number of hydrogen-bond donors (Lipinski definition) is 2. The van der Waals surface area contributed by atoms with Gasteiger partial charge in [-0.2, -0.15) is 0 Å². The molecule has 11 heteroatoms. The van der Waals surface area contributed by atoms with Crippen LogP contribution in [0, 0.1) is 12.8 Å². The fourth-order valence-corrected chi connectivity index (χ4v) is 5.24. The Morgan fingerprint density at radius 1 is 1.15 bits per heavy atom. The lowest BCUT2D eigenvalue weighted by Crippen LogP contribution is -2.40. The van der Waals surface area contributed by atoms with Gasteiger partial charge in [-0.3, -0.25) is 14.6 Å². The molecule has 1 unspecified atom stereocenters. The molecule has 5 rings (SSSR count). The molecule has 1 atom stereocenters. The Morgan fingerprint density at radius 3 is 2.50 bits per heavy atom. The molecule has 2 amide bonds. The lowest BCUT2D eigenvalue weighted by Gasteiger charge is -2.31. The van der Waals surface area contributed by atoms with Crippen LogP contribution >= 0.6 is 11.6 Å². The number of allylic oxidation sites excluding steroid dienone is 2. The molecule has 0 spiro atoms. The van der Waals surface area contributed by atoms with Gasteiger partial charge >= 0.3 is 0 Å². The van der Waals surface area contributed by atoms with Crippen molar-refractivity contribution in [2.75, 3.05) is 30.8 Å². The molecule has 3 aromatic rings. The number of pyridine rings is 1. The molecule has 4 bridgehead atoms. The summed E-state index contributed by atoms with van der Waals surface area (Å²) >= 11 is 6.50. The molecule has 0 aliphatic carbocycles. The Hall–Kier alpha value is -4.44. The first-order valence-electron chi connectivity index (χ1n) is 15.5. The van der Waals surface area contributed by atoms with E-state index < -0.39 is 0 Å². The SMILES string of the molecule is C/C=C(Cl)\C1=N/C(C)Nc2cncc(c2)CCc2cc(ccc2CN(C)C(=O)C2CCN(C=O)CC2)N1.C=CC.Cc1ccno1. The van der Waals surface area contributed by atoms with E-state index in [1.807, 2.05) is 58.0 Å². The van der Waals surface area contributed by atoms with Crippen molar-refractivity contribution in [3.05, 3.63) is 95.1 Å². The van der Waals surface area contributed by atoms with E-state index in [9.17, 15) is 9.59 Å². The Labute approximate surface area is 277 Å². The zero-order chi connectivity index (χ0) is 33.5. The molecule has 4 heterocycles. The van der Waals surface area contributed by atoms with Crippen LogP contribution in [0.1, 0.15) is 56.1 Å². The molecule has 2 aromatic heterocycles.